The standard InChI is InChI=1S/C7H13N5O.C4H7N5/c1-4(13)2-3-5-10-6(8)12-7(9)11-5;1-2-7-3(5)9-4(6)8-2/h4,13H,2-3H2,1H3,(H4,8,9,10,11,12);1H3,(H4,5,6,7,8,9). The third-order valence-corrected chi connectivity index (χ3v) is 2.28. The van der Waals surface area contributed by atoms with Gasteiger partial charge in [-0.25, -0.2) is 0 Å². The number of aryl methyl sites for hydroxylation is 2. The summed E-state index contributed by atoms with van der Waals surface area (Å²) in [7, 11) is 0. The summed E-state index contributed by atoms with van der Waals surface area (Å²) in [6.45, 7) is 3.41. The lowest BCUT2D eigenvalue weighted by atomic mass is 10.2. The van der Waals surface area contributed by atoms with Gasteiger partial charge in [0.15, 0.2) is 0 Å². The monoisotopic (exact) mass is 308 g/mol. The van der Waals surface area contributed by atoms with Crippen molar-refractivity contribution < 1.29 is 5.11 Å². The van der Waals surface area contributed by atoms with Gasteiger partial charge in [0.25, 0.3) is 0 Å². The second-order valence-electron chi connectivity index (χ2n) is 4.45. The first-order valence-corrected chi connectivity index (χ1v) is 6.44. The Morgan fingerprint density at radius 2 is 1.23 bits per heavy atom. The fraction of sp³-hybridized carbons (Fsp3) is 0.455. The van der Waals surface area contributed by atoms with Crippen molar-refractivity contribution in [2.75, 3.05) is 22.9 Å². The van der Waals surface area contributed by atoms with Crippen LogP contribution in [0.15, 0.2) is 0 Å². The molecule has 120 valence electrons. The summed E-state index contributed by atoms with van der Waals surface area (Å²) in [6.07, 6.45) is 0.761. The lowest BCUT2D eigenvalue weighted by molar-refractivity contribution is 0.184. The first-order valence-electron chi connectivity index (χ1n) is 6.44. The molecule has 1 unspecified atom stereocenters. The predicted molar refractivity (Wildman–Crippen MR) is 82.0 cm³/mol. The van der Waals surface area contributed by atoms with Gasteiger partial charge in [0.1, 0.15) is 11.6 Å². The zero-order valence-corrected chi connectivity index (χ0v) is 12.4. The highest BCUT2D eigenvalue weighted by atomic mass is 16.3. The predicted octanol–water partition coefficient (Wildman–Crippen LogP) is -1.31. The number of nitrogen functional groups attached to an aromatic ring is 4. The quantitative estimate of drug-likeness (QED) is 0.450. The van der Waals surface area contributed by atoms with E-state index in [0.29, 0.717) is 24.5 Å². The fourth-order valence-electron chi connectivity index (χ4n) is 1.43. The van der Waals surface area contributed by atoms with Crippen molar-refractivity contribution in [3.05, 3.63) is 11.6 Å². The smallest absolute Gasteiger partial charge is 0.225 e. The van der Waals surface area contributed by atoms with E-state index in [2.05, 4.69) is 29.9 Å². The van der Waals surface area contributed by atoms with Crippen molar-refractivity contribution in [2.45, 2.75) is 32.8 Å². The zero-order valence-electron chi connectivity index (χ0n) is 12.4. The molecule has 0 fully saturated rings. The van der Waals surface area contributed by atoms with Crippen LogP contribution in [-0.4, -0.2) is 41.1 Å². The number of nitrogens with two attached hydrogens (primary N) is 4. The molecule has 0 aromatic carbocycles. The van der Waals surface area contributed by atoms with Crippen LogP contribution >= 0.6 is 0 Å². The molecule has 0 bridgehead atoms. The number of rotatable bonds is 3. The summed E-state index contributed by atoms with van der Waals surface area (Å²) >= 11 is 0. The summed E-state index contributed by atoms with van der Waals surface area (Å²) in [5.41, 5.74) is 21.2. The minimum absolute atomic E-state index is 0.119. The van der Waals surface area contributed by atoms with Crippen molar-refractivity contribution in [3.63, 3.8) is 0 Å². The van der Waals surface area contributed by atoms with Crippen molar-refractivity contribution in [2.24, 2.45) is 0 Å². The molecule has 0 saturated carbocycles. The van der Waals surface area contributed by atoms with Gasteiger partial charge in [-0.15, -0.1) is 0 Å². The summed E-state index contributed by atoms with van der Waals surface area (Å²) in [4.78, 5) is 22.4. The average molecular weight is 308 g/mol. The molecule has 0 amide bonds. The van der Waals surface area contributed by atoms with Gasteiger partial charge in [-0.3, -0.25) is 0 Å². The Kier molecular flexibility index (Phi) is 6.13. The van der Waals surface area contributed by atoms with Crippen molar-refractivity contribution in [3.8, 4) is 0 Å². The number of hydrogen-bond donors (Lipinski definition) is 5. The van der Waals surface area contributed by atoms with E-state index in [9.17, 15) is 0 Å². The highest BCUT2D eigenvalue weighted by molar-refractivity contribution is 5.26. The minimum atomic E-state index is -0.376. The average Bonchev–Trinajstić information content (AvgIpc) is 2.34. The maximum absolute atomic E-state index is 9.02. The normalized spacial score (nSPS) is 11.4. The van der Waals surface area contributed by atoms with Crippen LogP contribution in [0.4, 0.5) is 23.8 Å². The van der Waals surface area contributed by atoms with E-state index in [1.165, 1.54) is 0 Å². The molecule has 11 nitrogen and oxygen atoms in total. The molecular weight excluding hydrogens is 288 g/mol. The molecule has 0 aliphatic rings. The Balaban J connectivity index is 0.000000235. The number of aromatic nitrogens is 6. The molecule has 2 aromatic rings. The van der Waals surface area contributed by atoms with Crippen LogP contribution in [0.3, 0.4) is 0 Å². The lowest BCUT2D eigenvalue weighted by Crippen LogP contribution is -2.09. The van der Waals surface area contributed by atoms with Gasteiger partial charge in [-0.2, -0.15) is 29.9 Å². The molecule has 0 radical (unpaired) electrons. The van der Waals surface area contributed by atoms with E-state index in [1.807, 2.05) is 0 Å². The van der Waals surface area contributed by atoms with Gasteiger partial charge >= 0.3 is 0 Å². The van der Waals surface area contributed by atoms with Gasteiger partial charge < -0.3 is 28.0 Å². The summed E-state index contributed by atoms with van der Waals surface area (Å²) in [6, 6.07) is 0. The number of aliphatic hydroxyl groups is 1. The van der Waals surface area contributed by atoms with Crippen molar-refractivity contribution >= 4 is 23.8 Å². The third kappa shape index (κ3) is 6.56. The lowest BCUT2D eigenvalue weighted by Gasteiger charge is -2.03. The van der Waals surface area contributed by atoms with Crippen LogP contribution in [0, 0.1) is 6.92 Å². The van der Waals surface area contributed by atoms with Crippen molar-refractivity contribution in [1.82, 2.24) is 29.9 Å². The second kappa shape index (κ2) is 7.83. The van der Waals surface area contributed by atoms with Crippen LogP contribution in [-0.2, 0) is 6.42 Å². The maximum atomic E-state index is 9.02. The number of nitrogens with zero attached hydrogens (tertiary/aromatic N) is 6. The first-order chi connectivity index (χ1) is 10.3. The molecule has 1 atom stereocenters. The van der Waals surface area contributed by atoms with Crippen LogP contribution in [0.25, 0.3) is 0 Å². The Morgan fingerprint density at radius 1 is 0.818 bits per heavy atom. The largest absolute Gasteiger partial charge is 0.393 e. The van der Waals surface area contributed by atoms with Gasteiger partial charge in [-0.1, -0.05) is 0 Å². The molecule has 2 rings (SSSR count). The van der Waals surface area contributed by atoms with Crippen LogP contribution in [0.2, 0.25) is 0 Å². The molecule has 2 aromatic heterocycles. The topological polar surface area (TPSA) is 202 Å². The molecule has 9 N–H and O–H groups in total. The van der Waals surface area contributed by atoms with E-state index >= 15 is 0 Å². The maximum Gasteiger partial charge on any atom is 0.225 e. The Hall–Kier alpha value is -2.82. The molecule has 0 aliphatic heterocycles. The number of aliphatic hydroxyl groups excluding tert-OH is 1. The van der Waals surface area contributed by atoms with Crippen LogP contribution in [0.5, 0.6) is 0 Å². The molecule has 2 heterocycles. The molecule has 22 heavy (non-hydrogen) atoms. The van der Waals surface area contributed by atoms with Gasteiger partial charge in [0, 0.05) is 6.42 Å². The highest BCUT2D eigenvalue weighted by Gasteiger charge is 2.03. The van der Waals surface area contributed by atoms with Crippen molar-refractivity contribution in [1.29, 1.82) is 0 Å². The Morgan fingerprint density at radius 3 is 1.59 bits per heavy atom. The molecule has 0 saturated heterocycles. The SMILES string of the molecule is CC(O)CCc1nc(N)nc(N)n1.Cc1nc(N)nc(N)n1. The molecular formula is C11H20N10O. The van der Waals surface area contributed by atoms with E-state index in [4.69, 9.17) is 28.0 Å². The van der Waals surface area contributed by atoms with Gasteiger partial charge in [-0.05, 0) is 20.3 Å². The summed E-state index contributed by atoms with van der Waals surface area (Å²) < 4.78 is 0. The van der Waals surface area contributed by atoms with E-state index in [-0.39, 0.29) is 29.9 Å². The number of anilines is 4. The first kappa shape index (κ1) is 17.2. The number of hydrogen-bond acceptors (Lipinski definition) is 11. The van der Waals surface area contributed by atoms with Gasteiger partial charge in [0.05, 0.1) is 6.10 Å². The summed E-state index contributed by atoms with van der Waals surface area (Å²) in [5, 5.41) is 9.02. The molecule has 0 spiro atoms. The Bertz CT molecular complexity index is 547. The third-order valence-electron chi connectivity index (χ3n) is 2.28. The molecule has 0 aliphatic carbocycles. The van der Waals surface area contributed by atoms with Crippen LogP contribution in [0.1, 0.15) is 25.0 Å². The highest BCUT2D eigenvalue weighted by Crippen LogP contribution is 2.03. The van der Waals surface area contributed by atoms with Crippen LogP contribution < -0.4 is 22.9 Å². The zero-order chi connectivity index (χ0) is 16.7. The van der Waals surface area contributed by atoms with E-state index in [0.717, 1.165) is 0 Å². The van der Waals surface area contributed by atoms with E-state index in [1.54, 1.807) is 13.8 Å². The van der Waals surface area contributed by atoms with Gasteiger partial charge in [0.2, 0.25) is 23.8 Å². The second-order valence-corrected chi connectivity index (χ2v) is 4.45. The minimum Gasteiger partial charge on any atom is -0.393 e. The molecule has 11 heteroatoms. The summed E-state index contributed by atoms with van der Waals surface area (Å²) in [5.74, 6) is 1.63. The Labute approximate surface area is 127 Å². The van der Waals surface area contributed by atoms with E-state index < -0.39 is 0 Å². The fourth-order valence-corrected chi connectivity index (χ4v) is 1.43.